The van der Waals surface area contributed by atoms with E-state index in [0.29, 0.717) is 22.0 Å². The predicted octanol–water partition coefficient (Wildman–Crippen LogP) is 4.25. The van der Waals surface area contributed by atoms with Gasteiger partial charge in [-0.15, -0.1) is 0 Å². The molecule has 0 bridgehead atoms. The second-order valence-electron chi connectivity index (χ2n) is 4.21. The average molecular weight is 340 g/mol. The molecular weight excluding hydrogens is 328 g/mol. The molecule has 5 heteroatoms. The molecule has 0 unspecified atom stereocenters. The van der Waals surface area contributed by atoms with Crippen LogP contribution in [0, 0.1) is 6.92 Å². The van der Waals surface area contributed by atoms with E-state index in [9.17, 15) is 4.79 Å². The first-order valence-electron chi connectivity index (χ1n) is 5.59. The number of halogens is 2. The normalized spacial score (nSPS) is 10.3. The van der Waals surface area contributed by atoms with Crippen LogP contribution >= 0.6 is 27.5 Å². The van der Waals surface area contributed by atoms with Crippen molar-refractivity contribution in [2.24, 2.45) is 0 Å². The van der Waals surface area contributed by atoms with Gasteiger partial charge in [0.15, 0.2) is 0 Å². The molecular formula is C14H12BrClN2O. The molecule has 0 aliphatic carbocycles. The highest BCUT2D eigenvalue weighted by Crippen LogP contribution is 2.25. The maximum atomic E-state index is 12.1. The highest BCUT2D eigenvalue weighted by molar-refractivity contribution is 9.10. The fourth-order valence-corrected chi connectivity index (χ4v) is 2.48. The second kappa shape index (κ2) is 5.63. The molecule has 19 heavy (non-hydrogen) atoms. The number of nitrogen functional groups attached to an aromatic ring is 1. The van der Waals surface area contributed by atoms with Gasteiger partial charge in [-0.25, -0.2) is 0 Å². The predicted molar refractivity (Wildman–Crippen MR) is 82.7 cm³/mol. The zero-order chi connectivity index (χ0) is 14.0. The number of carbonyl (C=O) groups excluding carboxylic acids is 1. The highest BCUT2D eigenvalue weighted by Gasteiger charge is 2.09. The third-order valence-corrected chi connectivity index (χ3v) is 3.42. The van der Waals surface area contributed by atoms with Crippen LogP contribution in [0.3, 0.4) is 0 Å². The molecule has 98 valence electrons. The van der Waals surface area contributed by atoms with Gasteiger partial charge in [0.05, 0.1) is 5.69 Å². The first-order chi connectivity index (χ1) is 8.95. The van der Waals surface area contributed by atoms with E-state index < -0.39 is 0 Å². The maximum absolute atomic E-state index is 12.1. The van der Waals surface area contributed by atoms with Crippen molar-refractivity contribution in [3.8, 4) is 0 Å². The molecule has 0 fully saturated rings. The Hall–Kier alpha value is -1.52. The number of anilines is 2. The summed E-state index contributed by atoms with van der Waals surface area (Å²) in [5, 5.41) is 3.35. The maximum Gasteiger partial charge on any atom is 0.255 e. The van der Waals surface area contributed by atoms with Gasteiger partial charge in [-0.1, -0.05) is 11.6 Å². The van der Waals surface area contributed by atoms with Gasteiger partial charge in [0, 0.05) is 20.7 Å². The van der Waals surface area contributed by atoms with Crippen LogP contribution < -0.4 is 11.1 Å². The van der Waals surface area contributed by atoms with Gasteiger partial charge in [0.1, 0.15) is 0 Å². The second-order valence-corrected chi connectivity index (χ2v) is 5.50. The molecule has 3 nitrogen and oxygen atoms in total. The summed E-state index contributed by atoms with van der Waals surface area (Å²) >= 11 is 9.30. The lowest BCUT2D eigenvalue weighted by atomic mass is 10.1. The molecule has 2 aromatic rings. The smallest absolute Gasteiger partial charge is 0.255 e. The number of nitrogens with one attached hydrogen (secondary N) is 1. The van der Waals surface area contributed by atoms with E-state index in [1.165, 1.54) is 0 Å². The number of carbonyl (C=O) groups is 1. The largest absolute Gasteiger partial charge is 0.399 e. The number of rotatable bonds is 2. The Morgan fingerprint density at radius 3 is 2.63 bits per heavy atom. The molecule has 2 rings (SSSR count). The minimum Gasteiger partial charge on any atom is -0.399 e. The summed E-state index contributed by atoms with van der Waals surface area (Å²) in [6.45, 7) is 1.89. The van der Waals surface area contributed by atoms with Gasteiger partial charge in [0.25, 0.3) is 5.91 Å². The third kappa shape index (κ3) is 3.49. The van der Waals surface area contributed by atoms with Crippen molar-refractivity contribution in [3.05, 3.63) is 57.0 Å². The summed E-state index contributed by atoms with van der Waals surface area (Å²) in [5.41, 5.74) is 8.40. The van der Waals surface area contributed by atoms with E-state index in [-0.39, 0.29) is 5.91 Å². The van der Waals surface area contributed by atoms with Crippen LogP contribution in [0.2, 0.25) is 5.02 Å². The number of amides is 1. The first-order valence-corrected chi connectivity index (χ1v) is 6.76. The molecule has 0 saturated heterocycles. The summed E-state index contributed by atoms with van der Waals surface area (Å²) in [6.07, 6.45) is 0. The summed E-state index contributed by atoms with van der Waals surface area (Å²) in [6, 6.07) is 10.4. The van der Waals surface area contributed by atoms with Crippen molar-refractivity contribution in [2.75, 3.05) is 11.1 Å². The fourth-order valence-electron chi connectivity index (χ4n) is 1.69. The molecule has 0 aliphatic rings. The van der Waals surface area contributed by atoms with E-state index in [4.69, 9.17) is 17.3 Å². The quantitative estimate of drug-likeness (QED) is 0.804. The standard InChI is InChI=1S/C14H12BrClN2O/c1-8-4-9(6-10(16)5-8)14(19)18-13-3-2-11(17)7-12(13)15/h2-7H,17H2,1H3,(H,18,19). The SMILES string of the molecule is Cc1cc(Cl)cc(C(=O)Nc2ccc(N)cc2Br)c1. The lowest BCUT2D eigenvalue weighted by Crippen LogP contribution is -2.12. The van der Waals surface area contributed by atoms with Crippen molar-refractivity contribution in [2.45, 2.75) is 6.92 Å². The first kappa shape index (κ1) is 13.9. The average Bonchev–Trinajstić information content (AvgIpc) is 2.31. The summed E-state index contributed by atoms with van der Waals surface area (Å²) < 4.78 is 0.736. The Kier molecular flexibility index (Phi) is 4.12. The number of hydrogen-bond acceptors (Lipinski definition) is 2. The van der Waals surface area contributed by atoms with Crippen LogP contribution in [-0.2, 0) is 0 Å². The van der Waals surface area contributed by atoms with Crippen molar-refractivity contribution < 1.29 is 4.79 Å². The van der Waals surface area contributed by atoms with Crippen molar-refractivity contribution in [1.82, 2.24) is 0 Å². The minimum atomic E-state index is -0.212. The van der Waals surface area contributed by atoms with Crippen LogP contribution in [0.25, 0.3) is 0 Å². The Labute approximate surface area is 124 Å². The molecule has 0 spiro atoms. The summed E-state index contributed by atoms with van der Waals surface area (Å²) in [4.78, 5) is 12.1. The molecule has 2 aromatic carbocycles. The monoisotopic (exact) mass is 338 g/mol. The summed E-state index contributed by atoms with van der Waals surface area (Å²) in [5.74, 6) is -0.212. The van der Waals surface area contributed by atoms with Crippen molar-refractivity contribution in [1.29, 1.82) is 0 Å². The Morgan fingerprint density at radius 2 is 2.00 bits per heavy atom. The van der Waals surface area contributed by atoms with E-state index in [1.54, 1.807) is 36.4 Å². The van der Waals surface area contributed by atoms with Gasteiger partial charge in [-0.05, 0) is 64.8 Å². The molecule has 0 radical (unpaired) electrons. The Bertz CT molecular complexity index is 623. The van der Waals surface area contributed by atoms with E-state index in [2.05, 4.69) is 21.2 Å². The van der Waals surface area contributed by atoms with Crippen LogP contribution in [-0.4, -0.2) is 5.91 Å². The van der Waals surface area contributed by atoms with Crippen molar-refractivity contribution in [3.63, 3.8) is 0 Å². The number of nitrogens with two attached hydrogens (primary N) is 1. The van der Waals surface area contributed by atoms with Crippen molar-refractivity contribution >= 4 is 44.8 Å². The zero-order valence-electron chi connectivity index (χ0n) is 10.2. The molecule has 3 N–H and O–H groups in total. The fraction of sp³-hybridized carbons (Fsp3) is 0.0714. The van der Waals surface area contributed by atoms with E-state index in [0.717, 1.165) is 10.0 Å². The molecule has 0 aliphatic heterocycles. The van der Waals surface area contributed by atoms with Gasteiger partial charge in [-0.3, -0.25) is 4.79 Å². The van der Waals surface area contributed by atoms with Crippen LogP contribution in [0.4, 0.5) is 11.4 Å². The lowest BCUT2D eigenvalue weighted by Gasteiger charge is -2.09. The Morgan fingerprint density at radius 1 is 1.26 bits per heavy atom. The molecule has 1 amide bonds. The number of benzene rings is 2. The van der Waals surface area contributed by atoms with Gasteiger partial charge in [0.2, 0.25) is 0 Å². The van der Waals surface area contributed by atoms with E-state index >= 15 is 0 Å². The molecule has 0 atom stereocenters. The zero-order valence-corrected chi connectivity index (χ0v) is 12.5. The molecule has 0 aromatic heterocycles. The van der Waals surface area contributed by atoms with Gasteiger partial charge >= 0.3 is 0 Å². The minimum absolute atomic E-state index is 0.212. The highest BCUT2D eigenvalue weighted by atomic mass is 79.9. The molecule has 0 heterocycles. The number of hydrogen-bond donors (Lipinski definition) is 2. The van der Waals surface area contributed by atoms with Crippen LogP contribution in [0.5, 0.6) is 0 Å². The Balaban J connectivity index is 2.25. The number of aryl methyl sites for hydroxylation is 1. The van der Waals surface area contributed by atoms with Gasteiger partial charge in [-0.2, -0.15) is 0 Å². The van der Waals surface area contributed by atoms with Gasteiger partial charge < -0.3 is 11.1 Å². The van der Waals surface area contributed by atoms with E-state index in [1.807, 2.05) is 6.92 Å². The topological polar surface area (TPSA) is 55.1 Å². The third-order valence-electron chi connectivity index (χ3n) is 2.55. The summed E-state index contributed by atoms with van der Waals surface area (Å²) in [7, 11) is 0. The van der Waals surface area contributed by atoms with Crippen LogP contribution in [0.1, 0.15) is 15.9 Å². The lowest BCUT2D eigenvalue weighted by molar-refractivity contribution is 0.102. The molecule has 0 saturated carbocycles. The van der Waals surface area contributed by atoms with Crippen LogP contribution in [0.15, 0.2) is 40.9 Å².